The van der Waals surface area contributed by atoms with Gasteiger partial charge in [0.25, 0.3) is 5.91 Å². The normalized spacial score (nSPS) is 10.2. The maximum atomic E-state index is 12.1. The van der Waals surface area contributed by atoms with Gasteiger partial charge in [-0.3, -0.25) is 4.79 Å². The first kappa shape index (κ1) is 13.3. The van der Waals surface area contributed by atoms with Crippen LogP contribution in [0.15, 0.2) is 51.4 Å². The molecule has 0 saturated carbocycles. The molecule has 0 heterocycles. The summed E-state index contributed by atoms with van der Waals surface area (Å²) in [7, 11) is 0. The molecule has 0 atom stereocenters. The third-order valence-corrected chi connectivity index (χ3v) is 3.87. The van der Waals surface area contributed by atoms with E-state index in [4.69, 9.17) is 0 Å². The molecule has 2 aromatic carbocycles. The molecule has 0 unspecified atom stereocenters. The Kier molecular flexibility index (Phi) is 4.19. The Morgan fingerprint density at radius 3 is 2.50 bits per heavy atom. The van der Waals surface area contributed by atoms with Crippen LogP contribution in [-0.2, 0) is 0 Å². The highest BCUT2D eigenvalue weighted by Gasteiger charge is 2.10. The zero-order valence-corrected chi connectivity index (χ0v) is 12.9. The van der Waals surface area contributed by atoms with E-state index < -0.39 is 0 Å². The van der Waals surface area contributed by atoms with Crippen molar-refractivity contribution < 1.29 is 4.79 Å². The van der Waals surface area contributed by atoms with E-state index >= 15 is 0 Å². The summed E-state index contributed by atoms with van der Waals surface area (Å²) in [6.45, 7) is 1.99. The molecule has 0 bridgehead atoms. The summed E-state index contributed by atoms with van der Waals surface area (Å²) in [6, 6.07) is 13.2. The first-order chi connectivity index (χ1) is 8.58. The quantitative estimate of drug-likeness (QED) is 0.812. The van der Waals surface area contributed by atoms with Crippen LogP contribution in [0.5, 0.6) is 0 Å². The van der Waals surface area contributed by atoms with Gasteiger partial charge in [0, 0.05) is 8.95 Å². The Bertz CT molecular complexity index is 596. The molecule has 0 aliphatic heterocycles. The highest BCUT2D eigenvalue weighted by atomic mass is 79.9. The van der Waals surface area contributed by atoms with Gasteiger partial charge in [0.1, 0.15) is 0 Å². The first-order valence-electron chi connectivity index (χ1n) is 5.40. The molecule has 4 heteroatoms. The van der Waals surface area contributed by atoms with Gasteiger partial charge in [-0.25, -0.2) is 0 Å². The molecule has 92 valence electrons. The minimum absolute atomic E-state index is 0.131. The summed E-state index contributed by atoms with van der Waals surface area (Å²) in [6.07, 6.45) is 0. The smallest absolute Gasteiger partial charge is 0.256 e. The van der Waals surface area contributed by atoms with E-state index in [1.165, 1.54) is 0 Å². The third-order valence-electron chi connectivity index (χ3n) is 2.49. The van der Waals surface area contributed by atoms with Crippen molar-refractivity contribution in [2.24, 2.45) is 0 Å². The average Bonchev–Trinajstić information content (AvgIpc) is 2.34. The van der Waals surface area contributed by atoms with Crippen LogP contribution in [0.3, 0.4) is 0 Å². The first-order valence-corrected chi connectivity index (χ1v) is 6.98. The number of anilines is 1. The number of halogens is 2. The molecule has 0 aliphatic rings. The number of hydrogen-bond donors (Lipinski definition) is 1. The van der Waals surface area contributed by atoms with Gasteiger partial charge in [0.05, 0.1) is 11.3 Å². The van der Waals surface area contributed by atoms with E-state index in [-0.39, 0.29) is 5.91 Å². The van der Waals surface area contributed by atoms with Crippen molar-refractivity contribution in [1.82, 2.24) is 0 Å². The monoisotopic (exact) mass is 367 g/mol. The Morgan fingerprint density at radius 2 is 1.78 bits per heavy atom. The van der Waals surface area contributed by atoms with E-state index in [9.17, 15) is 4.79 Å². The largest absolute Gasteiger partial charge is 0.321 e. The predicted molar refractivity (Wildman–Crippen MR) is 81.0 cm³/mol. The van der Waals surface area contributed by atoms with Gasteiger partial charge in [-0.15, -0.1) is 0 Å². The molecular weight excluding hydrogens is 358 g/mol. The lowest BCUT2D eigenvalue weighted by atomic mass is 10.2. The number of carbonyl (C=O) groups is 1. The van der Waals surface area contributed by atoms with Gasteiger partial charge in [0.2, 0.25) is 0 Å². The van der Waals surface area contributed by atoms with Crippen LogP contribution in [-0.4, -0.2) is 5.91 Å². The maximum absolute atomic E-state index is 12.1. The maximum Gasteiger partial charge on any atom is 0.256 e. The van der Waals surface area contributed by atoms with Crippen molar-refractivity contribution in [2.45, 2.75) is 6.92 Å². The summed E-state index contributed by atoms with van der Waals surface area (Å²) < 4.78 is 1.65. The summed E-state index contributed by atoms with van der Waals surface area (Å²) in [5.41, 5.74) is 2.49. The predicted octanol–water partition coefficient (Wildman–Crippen LogP) is 4.77. The molecule has 1 N–H and O–H groups in total. The molecule has 2 nitrogen and oxygen atoms in total. The molecule has 0 saturated heterocycles. The number of rotatable bonds is 2. The second-order valence-corrected chi connectivity index (χ2v) is 5.63. The zero-order valence-electron chi connectivity index (χ0n) is 9.71. The second-order valence-electron chi connectivity index (χ2n) is 3.92. The number of carbonyl (C=O) groups excluding carboxylic acids is 1. The molecular formula is C14H11Br2NO. The van der Waals surface area contributed by atoms with Gasteiger partial charge in [-0.1, -0.05) is 18.2 Å². The zero-order chi connectivity index (χ0) is 13.1. The van der Waals surface area contributed by atoms with Gasteiger partial charge in [-0.05, 0) is 68.6 Å². The lowest BCUT2D eigenvalue weighted by Crippen LogP contribution is -2.12. The molecule has 0 fully saturated rings. The lowest BCUT2D eigenvalue weighted by Gasteiger charge is -2.09. The Morgan fingerprint density at radius 1 is 1.06 bits per heavy atom. The van der Waals surface area contributed by atoms with E-state index in [2.05, 4.69) is 37.2 Å². The second kappa shape index (κ2) is 5.67. The van der Waals surface area contributed by atoms with E-state index in [0.29, 0.717) is 5.56 Å². The molecule has 0 spiro atoms. The third kappa shape index (κ3) is 3.00. The number of amides is 1. The number of nitrogens with one attached hydrogen (secondary N) is 1. The van der Waals surface area contributed by atoms with Crippen molar-refractivity contribution >= 4 is 43.5 Å². The van der Waals surface area contributed by atoms with E-state index in [1.54, 1.807) is 6.07 Å². The molecule has 2 rings (SSSR count). The van der Waals surface area contributed by atoms with Crippen molar-refractivity contribution in [2.75, 3.05) is 5.32 Å². The fourth-order valence-corrected chi connectivity index (χ4v) is 2.38. The SMILES string of the molecule is Cc1ccc(Br)c(NC(=O)c2ccccc2Br)c1. The number of benzene rings is 2. The van der Waals surface area contributed by atoms with Crippen LogP contribution in [0.25, 0.3) is 0 Å². The number of aryl methyl sites for hydroxylation is 1. The minimum Gasteiger partial charge on any atom is -0.321 e. The van der Waals surface area contributed by atoms with Crippen LogP contribution in [0.1, 0.15) is 15.9 Å². The van der Waals surface area contributed by atoms with Crippen LogP contribution in [0, 0.1) is 6.92 Å². The fraction of sp³-hybridized carbons (Fsp3) is 0.0714. The fourth-order valence-electron chi connectivity index (χ4n) is 1.57. The average molecular weight is 369 g/mol. The Balaban J connectivity index is 2.27. The highest BCUT2D eigenvalue weighted by molar-refractivity contribution is 9.11. The number of hydrogen-bond acceptors (Lipinski definition) is 1. The van der Waals surface area contributed by atoms with Crippen LogP contribution < -0.4 is 5.32 Å². The molecule has 0 radical (unpaired) electrons. The van der Waals surface area contributed by atoms with Gasteiger partial charge in [0.15, 0.2) is 0 Å². The summed E-state index contributed by atoms with van der Waals surface area (Å²) in [5, 5.41) is 2.89. The van der Waals surface area contributed by atoms with E-state index in [1.807, 2.05) is 43.3 Å². The van der Waals surface area contributed by atoms with Crippen molar-refractivity contribution in [3.8, 4) is 0 Å². The lowest BCUT2D eigenvalue weighted by molar-refractivity contribution is 0.102. The van der Waals surface area contributed by atoms with Crippen LogP contribution in [0.4, 0.5) is 5.69 Å². The summed E-state index contributed by atoms with van der Waals surface area (Å²) in [5.74, 6) is -0.131. The van der Waals surface area contributed by atoms with Crippen molar-refractivity contribution in [3.63, 3.8) is 0 Å². The van der Waals surface area contributed by atoms with Gasteiger partial charge < -0.3 is 5.32 Å². The molecule has 18 heavy (non-hydrogen) atoms. The van der Waals surface area contributed by atoms with Crippen LogP contribution in [0.2, 0.25) is 0 Å². The molecule has 2 aromatic rings. The van der Waals surface area contributed by atoms with Crippen molar-refractivity contribution in [3.05, 3.63) is 62.5 Å². The summed E-state index contributed by atoms with van der Waals surface area (Å²) in [4.78, 5) is 12.1. The molecule has 0 aromatic heterocycles. The Labute approximate surface area is 123 Å². The summed E-state index contributed by atoms with van der Waals surface area (Å²) >= 11 is 6.79. The Hall–Kier alpha value is -1.13. The van der Waals surface area contributed by atoms with Crippen molar-refractivity contribution in [1.29, 1.82) is 0 Å². The standard InChI is InChI=1S/C14H11Br2NO/c1-9-6-7-12(16)13(8-9)17-14(18)10-4-2-3-5-11(10)15/h2-8H,1H3,(H,17,18). The van der Waals surface area contributed by atoms with Gasteiger partial charge in [-0.2, -0.15) is 0 Å². The highest BCUT2D eigenvalue weighted by Crippen LogP contribution is 2.25. The molecule has 1 amide bonds. The molecule has 0 aliphatic carbocycles. The van der Waals surface area contributed by atoms with Crippen LogP contribution >= 0.6 is 31.9 Å². The topological polar surface area (TPSA) is 29.1 Å². The van der Waals surface area contributed by atoms with E-state index in [0.717, 1.165) is 20.2 Å². The van der Waals surface area contributed by atoms with Gasteiger partial charge >= 0.3 is 0 Å². The minimum atomic E-state index is -0.131.